The highest BCUT2D eigenvalue weighted by molar-refractivity contribution is 6.31. The first-order valence-electron chi connectivity index (χ1n) is 6.12. The molecule has 0 aliphatic carbocycles. The first-order valence-corrected chi connectivity index (χ1v) is 6.50. The van der Waals surface area contributed by atoms with E-state index in [4.69, 9.17) is 16.3 Å². The highest BCUT2D eigenvalue weighted by Crippen LogP contribution is 2.20. The number of benzene rings is 1. The third-order valence-corrected chi connectivity index (χ3v) is 3.10. The van der Waals surface area contributed by atoms with Crippen LogP contribution in [-0.4, -0.2) is 18.4 Å². The highest BCUT2D eigenvalue weighted by atomic mass is 35.5. The van der Waals surface area contributed by atoms with Crippen molar-refractivity contribution in [3.05, 3.63) is 34.6 Å². The summed E-state index contributed by atoms with van der Waals surface area (Å²) in [6, 6.07) is 3.84. The van der Waals surface area contributed by atoms with Crippen LogP contribution in [0.3, 0.4) is 0 Å². The van der Waals surface area contributed by atoms with Gasteiger partial charge in [-0.2, -0.15) is 0 Å². The molecule has 0 aromatic heterocycles. The van der Waals surface area contributed by atoms with E-state index in [1.807, 2.05) is 0 Å². The number of esters is 1. The second kappa shape index (κ2) is 7.24. The van der Waals surface area contributed by atoms with Gasteiger partial charge in [0.2, 0.25) is 0 Å². The number of Topliss-reactive ketones (excluding diaryl/α,β-unsaturated/α-hetero) is 1. The lowest BCUT2D eigenvalue weighted by Gasteiger charge is -2.13. The molecule has 5 heteroatoms. The summed E-state index contributed by atoms with van der Waals surface area (Å²) in [6.07, 6.45) is 0.368. The molecule has 3 nitrogen and oxygen atoms in total. The summed E-state index contributed by atoms with van der Waals surface area (Å²) in [7, 11) is 0. The largest absolute Gasteiger partial charge is 0.465 e. The van der Waals surface area contributed by atoms with Crippen LogP contribution in [0.4, 0.5) is 4.39 Å². The third-order valence-electron chi connectivity index (χ3n) is 2.75. The SMILES string of the molecule is CCOC(=O)C(CC)C(=O)Cc1ccc(F)cc1Cl. The summed E-state index contributed by atoms with van der Waals surface area (Å²) < 4.78 is 17.7. The Balaban J connectivity index is 2.79. The Labute approximate surface area is 116 Å². The number of rotatable bonds is 6. The first-order chi connectivity index (χ1) is 8.99. The van der Waals surface area contributed by atoms with Gasteiger partial charge < -0.3 is 4.74 Å². The lowest BCUT2D eigenvalue weighted by Crippen LogP contribution is -2.27. The number of hydrogen-bond acceptors (Lipinski definition) is 3. The molecule has 0 aliphatic rings. The van der Waals surface area contributed by atoms with Gasteiger partial charge in [0.1, 0.15) is 11.7 Å². The van der Waals surface area contributed by atoms with Gasteiger partial charge >= 0.3 is 5.97 Å². The Kier molecular flexibility index (Phi) is 5.96. The topological polar surface area (TPSA) is 43.4 Å². The van der Waals surface area contributed by atoms with Gasteiger partial charge in [0.25, 0.3) is 0 Å². The smallest absolute Gasteiger partial charge is 0.316 e. The molecular formula is C14H16ClFO3. The predicted octanol–water partition coefficient (Wildman–Crippen LogP) is 3.18. The van der Waals surface area contributed by atoms with Crippen LogP contribution in [0.5, 0.6) is 0 Å². The number of carbonyl (C=O) groups is 2. The van der Waals surface area contributed by atoms with E-state index in [0.29, 0.717) is 12.0 Å². The lowest BCUT2D eigenvalue weighted by molar-refractivity contribution is -0.151. The van der Waals surface area contributed by atoms with E-state index in [9.17, 15) is 14.0 Å². The van der Waals surface area contributed by atoms with Crippen molar-refractivity contribution in [2.24, 2.45) is 5.92 Å². The Bertz CT molecular complexity index is 474. The van der Waals surface area contributed by atoms with E-state index in [0.717, 1.165) is 6.07 Å². The standard InChI is InChI=1S/C14H16ClFO3/c1-3-11(14(18)19-4-2)13(17)7-9-5-6-10(16)8-12(9)15/h5-6,8,11H,3-4,7H2,1-2H3. The van der Waals surface area contributed by atoms with Crippen molar-refractivity contribution in [3.63, 3.8) is 0 Å². The van der Waals surface area contributed by atoms with Gasteiger partial charge in [0.15, 0.2) is 5.78 Å². The van der Waals surface area contributed by atoms with E-state index in [2.05, 4.69) is 0 Å². The van der Waals surface area contributed by atoms with Crippen LogP contribution in [0.2, 0.25) is 5.02 Å². The quantitative estimate of drug-likeness (QED) is 0.596. The molecule has 0 amide bonds. The minimum atomic E-state index is -0.791. The molecule has 0 saturated carbocycles. The van der Waals surface area contributed by atoms with Gasteiger partial charge in [0, 0.05) is 11.4 Å². The minimum absolute atomic E-state index is 0.00354. The van der Waals surface area contributed by atoms with Crippen molar-refractivity contribution in [2.75, 3.05) is 6.61 Å². The van der Waals surface area contributed by atoms with E-state index in [1.54, 1.807) is 13.8 Å². The van der Waals surface area contributed by atoms with Crippen molar-refractivity contribution in [3.8, 4) is 0 Å². The first kappa shape index (κ1) is 15.6. The number of carbonyl (C=O) groups excluding carboxylic acids is 2. The fourth-order valence-electron chi connectivity index (χ4n) is 1.74. The molecule has 0 radical (unpaired) electrons. The van der Waals surface area contributed by atoms with Gasteiger partial charge in [-0.05, 0) is 31.0 Å². The normalized spacial score (nSPS) is 12.0. The molecule has 0 spiro atoms. The molecule has 0 heterocycles. The number of ether oxygens (including phenoxy) is 1. The molecule has 1 aromatic carbocycles. The fourth-order valence-corrected chi connectivity index (χ4v) is 1.98. The van der Waals surface area contributed by atoms with Crippen LogP contribution < -0.4 is 0 Å². The second-order valence-electron chi connectivity index (χ2n) is 4.09. The molecule has 0 N–H and O–H groups in total. The number of hydrogen-bond donors (Lipinski definition) is 0. The zero-order valence-electron chi connectivity index (χ0n) is 10.9. The van der Waals surface area contributed by atoms with Crippen molar-refractivity contribution in [1.29, 1.82) is 0 Å². The molecule has 1 rings (SSSR count). The minimum Gasteiger partial charge on any atom is -0.465 e. The zero-order chi connectivity index (χ0) is 14.4. The Hall–Kier alpha value is -1.42. The lowest BCUT2D eigenvalue weighted by atomic mass is 9.95. The Morgan fingerprint density at radius 2 is 2.05 bits per heavy atom. The summed E-state index contributed by atoms with van der Waals surface area (Å²) in [5, 5.41) is 0.187. The predicted molar refractivity (Wildman–Crippen MR) is 70.5 cm³/mol. The number of ketones is 1. The monoisotopic (exact) mass is 286 g/mol. The van der Waals surface area contributed by atoms with Gasteiger partial charge in [0.05, 0.1) is 6.61 Å². The summed E-state index contributed by atoms with van der Waals surface area (Å²) in [5.74, 6) is -2.04. The van der Waals surface area contributed by atoms with E-state index in [1.165, 1.54) is 12.1 Å². The maximum atomic E-state index is 12.9. The molecule has 1 unspecified atom stereocenters. The van der Waals surface area contributed by atoms with Crippen LogP contribution in [-0.2, 0) is 20.7 Å². The molecule has 0 fully saturated rings. The van der Waals surface area contributed by atoms with Gasteiger partial charge in [-0.3, -0.25) is 9.59 Å². The fraction of sp³-hybridized carbons (Fsp3) is 0.429. The van der Waals surface area contributed by atoms with Crippen molar-refractivity contribution < 1.29 is 18.7 Å². The second-order valence-corrected chi connectivity index (χ2v) is 4.50. The third kappa shape index (κ3) is 4.31. The average molecular weight is 287 g/mol. The molecule has 0 bridgehead atoms. The van der Waals surface area contributed by atoms with Gasteiger partial charge in [-0.15, -0.1) is 0 Å². The van der Waals surface area contributed by atoms with Crippen LogP contribution in [0.1, 0.15) is 25.8 Å². The molecule has 0 aliphatic heterocycles. The maximum Gasteiger partial charge on any atom is 0.316 e. The average Bonchev–Trinajstić information content (AvgIpc) is 2.34. The Morgan fingerprint density at radius 1 is 1.37 bits per heavy atom. The molecule has 1 atom stereocenters. The number of halogens is 2. The van der Waals surface area contributed by atoms with Crippen LogP contribution in [0, 0.1) is 11.7 Å². The maximum absolute atomic E-state index is 12.9. The molecule has 0 saturated heterocycles. The molecule has 1 aromatic rings. The summed E-state index contributed by atoms with van der Waals surface area (Å²) in [6.45, 7) is 3.66. The van der Waals surface area contributed by atoms with E-state index >= 15 is 0 Å². The highest BCUT2D eigenvalue weighted by Gasteiger charge is 2.26. The van der Waals surface area contributed by atoms with Crippen molar-refractivity contribution >= 4 is 23.4 Å². The van der Waals surface area contributed by atoms with Gasteiger partial charge in [-0.25, -0.2) is 4.39 Å². The van der Waals surface area contributed by atoms with E-state index in [-0.39, 0.29) is 23.8 Å². The van der Waals surface area contributed by atoms with Crippen LogP contribution in [0.15, 0.2) is 18.2 Å². The molecular weight excluding hydrogens is 271 g/mol. The molecule has 19 heavy (non-hydrogen) atoms. The van der Waals surface area contributed by atoms with Crippen molar-refractivity contribution in [1.82, 2.24) is 0 Å². The summed E-state index contributed by atoms with van der Waals surface area (Å²) >= 11 is 5.85. The van der Waals surface area contributed by atoms with Crippen molar-refractivity contribution in [2.45, 2.75) is 26.7 Å². The van der Waals surface area contributed by atoms with E-state index < -0.39 is 17.7 Å². The van der Waals surface area contributed by atoms with Gasteiger partial charge in [-0.1, -0.05) is 24.6 Å². The Morgan fingerprint density at radius 3 is 2.58 bits per heavy atom. The summed E-state index contributed by atoms with van der Waals surface area (Å²) in [4.78, 5) is 23.7. The summed E-state index contributed by atoms with van der Waals surface area (Å²) in [5.41, 5.74) is 0.510. The zero-order valence-corrected chi connectivity index (χ0v) is 11.7. The van der Waals surface area contributed by atoms with Crippen LogP contribution in [0.25, 0.3) is 0 Å². The molecule has 104 valence electrons. The van der Waals surface area contributed by atoms with Crippen LogP contribution >= 0.6 is 11.6 Å².